The minimum absolute atomic E-state index is 0.000331. The number of carbonyl (C=O) groups is 3. The molecule has 1 aromatic carbocycles. The Kier molecular flexibility index (Phi) is 11.4. The number of likely N-dealkylation sites (tertiary alicyclic amines) is 1. The highest BCUT2D eigenvalue weighted by atomic mass is 32.1. The first-order valence-corrected chi connectivity index (χ1v) is 14.5. The summed E-state index contributed by atoms with van der Waals surface area (Å²) < 4.78 is 10.4. The molecule has 3 rings (SSSR count). The third kappa shape index (κ3) is 8.84. The Balaban J connectivity index is 1.64. The van der Waals surface area contributed by atoms with Crippen LogP contribution in [0.3, 0.4) is 0 Å². The average molecular weight is 585 g/mol. The van der Waals surface area contributed by atoms with Crippen LogP contribution in [-0.2, 0) is 23.9 Å². The Labute approximate surface area is 245 Å². The summed E-state index contributed by atoms with van der Waals surface area (Å²) in [6, 6.07) is 5.79. The number of nitrogens with zero attached hydrogens (tertiary/aromatic N) is 2. The van der Waals surface area contributed by atoms with E-state index in [1.165, 1.54) is 4.90 Å². The van der Waals surface area contributed by atoms with Crippen molar-refractivity contribution < 1.29 is 29.0 Å². The number of hydrogen-bond acceptors (Lipinski definition) is 8. The van der Waals surface area contributed by atoms with Gasteiger partial charge in [0, 0.05) is 13.0 Å². The fraction of sp³-hybridized carbons (Fsp3) is 0.533. The number of aliphatic hydroxyl groups is 1. The lowest BCUT2D eigenvalue weighted by Crippen LogP contribution is -2.58. The van der Waals surface area contributed by atoms with Crippen LogP contribution in [-0.4, -0.2) is 83.9 Å². The van der Waals surface area contributed by atoms with Crippen molar-refractivity contribution in [1.29, 1.82) is 0 Å². The van der Waals surface area contributed by atoms with Gasteiger partial charge in [-0.2, -0.15) is 0 Å². The van der Waals surface area contributed by atoms with Crippen molar-refractivity contribution in [2.45, 2.75) is 65.3 Å². The van der Waals surface area contributed by atoms with Gasteiger partial charge < -0.3 is 30.1 Å². The Bertz CT molecular complexity index is 1230. The van der Waals surface area contributed by atoms with E-state index in [1.54, 1.807) is 11.3 Å². The molecule has 222 valence electrons. The summed E-state index contributed by atoms with van der Waals surface area (Å²) in [7, 11) is 0. The second kappa shape index (κ2) is 14.5. The number of rotatable bonds is 12. The third-order valence-electron chi connectivity index (χ3n) is 6.85. The minimum atomic E-state index is -0.933. The fourth-order valence-electron chi connectivity index (χ4n) is 4.63. The highest BCUT2D eigenvalue weighted by Crippen LogP contribution is 2.29. The molecule has 11 heteroatoms. The molecule has 1 saturated heterocycles. The van der Waals surface area contributed by atoms with Crippen LogP contribution < -0.4 is 10.6 Å². The Morgan fingerprint density at radius 3 is 2.49 bits per heavy atom. The van der Waals surface area contributed by atoms with E-state index in [1.807, 2.05) is 64.4 Å². The summed E-state index contributed by atoms with van der Waals surface area (Å²) in [5.74, 6) is 1.08. The van der Waals surface area contributed by atoms with Crippen molar-refractivity contribution >= 4 is 29.1 Å². The van der Waals surface area contributed by atoms with E-state index >= 15 is 0 Å². The predicted octanol–water partition coefficient (Wildman–Crippen LogP) is 2.45. The monoisotopic (exact) mass is 584 g/mol. The van der Waals surface area contributed by atoms with Crippen LogP contribution in [0.15, 0.2) is 29.8 Å². The van der Waals surface area contributed by atoms with Crippen LogP contribution in [0.5, 0.6) is 0 Å². The molecule has 4 unspecified atom stereocenters. The molecule has 3 amide bonds. The molecule has 1 aromatic heterocycles. The lowest BCUT2D eigenvalue weighted by molar-refractivity contribution is -0.144. The molecule has 0 bridgehead atoms. The van der Waals surface area contributed by atoms with Gasteiger partial charge >= 0.3 is 0 Å². The molecule has 10 nitrogen and oxygen atoms in total. The van der Waals surface area contributed by atoms with Gasteiger partial charge in [-0.05, 0) is 30.4 Å². The predicted molar refractivity (Wildman–Crippen MR) is 157 cm³/mol. The number of benzene rings is 1. The number of thiazole rings is 1. The SMILES string of the molecule is C#CCOCCOCC(=O)NC(C(=O)N1CC(O)CC1C(=O)NC(C)c1ccc(-c2scnc2C)cc1)C(C)(C)C. The number of amides is 3. The molecule has 0 aliphatic carbocycles. The summed E-state index contributed by atoms with van der Waals surface area (Å²) in [4.78, 5) is 46.4. The molecule has 4 atom stereocenters. The molecule has 1 aliphatic rings. The quantitative estimate of drug-likeness (QED) is 0.258. The zero-order chi connectivity index (χ0) is 30.2. The highest BCUT2D eigenvalue weighted by molar-refractivity contribution is 7.13. The van der Waals surface area contributed by atoms with Crippen LogP contribution in [0.1, 0.15) is 51.4 Å². The topological polar surface area (TPSA) is 130 Å². The zero-order valence-corrected chi connectivity index (χ0v) is 25.1. The smallest absolute Gasteiger partial charge is 0.246 e. The molecule has 3 N–H and O–H groups in total. The van der Waals surface area contributed by atoms with Gasteiger partial charge in [0.1, 0.15) is 25.3 Å². The Hall–Kier alpha value is -3.30. The normalized spacial score (nSPS) is 18.4. The zero-order valence-electron chi connectivity index (χ0n) is 24.3. The fourth-order valence-corrected chi connectivity index (χ4v) is 5.44. The van der Waals surface area contributed by atoms with E-state index in [2.05, 4.69) is 21.5 Å². The molecule has 0 spiro atoms. The Morgan fingerprint density at radius 1 is 1.20 bits per heavy atom. The van der Waals surface area contributed by atoms with Crippen molar-refractivity contribution in [3.63, 3.8) is 0 Å². The lowest BCUT2D eigenvalue weighted by Gasteiger charge is -2.35. The maximum atomic E-state index is 13.7. The number of carbonyl (C=O) groups excluding carboxylic acids is 3. The van der Waals surface area contributed by atoms with Gasteiger partial charge in [0.15, 0.2) is 0 Å². The summed E-state index contributed by atoms with van der Waals surface area (Å²) in [6.07, 6.45) is 4.38. The second-order valence-corrected chi connectivity index (χ2v) is 12.0. The molecular formula is C30H40N4O6S. The first kappa shape index (κ1) is 32.2. The molecule has 2 heterocycles. The van der Waals surface area contributed by atoms with Crippen molar-refractivity contribution in [2.24, 2.45) is 5.41 Å². The molecule has 1 fully saturated rings. The van der Waals surface area contributed by atoms with Gasteiger partial charge in [-0.1, -0.05) is 51.0 Å². The van der Waals surface area contributed by atoms with Crippen LogP contribution in [0.4, 0.5) is 0 Å². The highest BCUT2D eigenvalue weighted by Gasteiger charge is 2.44. The maximum absolute atomic E-state index is 13.7. The number of aliphatic hydroxyl groups excluding tert-OH is 1. The van der Waals surface area contributed by atoms with E-state index in [4.69, 9.17) is 15.9 Å². The number of ether oxygens (including phenoxy) is 2. The number of aryl methyl sites for hydroxylation is 1. The molecule has 41 heavy (non-hydrogen) atoms. The lowest BCUT2D eigenvalue weighted by atomic mass is 9.85. The molecular weight excluding hydrogens is 544 g/mol. The van der Waals surface area contributed by atoms with Gasteiger partial charge in [0.25, 0.3) is 0 Å². The number of terminal acetylenes is 1. The second-order valence-electron chi connectivity index (χ2n) is 11.2. The van der Waals surface area contributed by atoms with Gasteiger partial charge in [0.2, 0.25) is 17.7 Å². The van der Waals surface area contributed by atoms with E-state index in [0.717, 1.165) is 21.7 Å². The summed E-state index contributed by atoms with van der Waals surface area (Å²) in [6.45, 7) is 9.63. The number of nitrogens with one attached hydrogen (secondary N) is 2. The van der Waals surface area contributed by atoms with E-state index in [-0.39, 0.29) is 51.3 Å². The van der Waals surface area contributed by atoms with Crippen LogP contribution in [0.2, 0.25) is 0 Å². The standard InChI is InChI=1S/C30H40N4O6S/c1-7-12-39-13-14-40-17-25(36)33-27(30(4,5)6)29(38)34-16-23(35)15-24(34)28(37)32-19(2)21-8-10-22(11-9-21)26-20(3)31-18-41-26/h1,8-11,18-19,23-24,27,35H,12-17H2,2-6H3,(H,32,37)(H,33,36). The molecule has 0 saturated carbocycles. The first-order chi connectivity index (χ1) is 19.4. The van der Waals surface area contributed by atoms with Crippen molar-refractivity contribution in [3.8, 4) is 22.8 Å². The summed E-state index contributed by atoms with van der Waals surface area (Å²) >= 11 is 1.58. The van der Waals surface area contributed by atoms with Crippen LogP contribution in [0, 0.1) is 24.7 Å². The number of β-amino-alcohol motifs (C(OH)–C–C–N with tert-alkyl or cyclic N) is 1. The van der Waals surface area contributed by atoms with Crippen molar-refractivity contribution in [3.05, 3.63) is 41.0 Å². The molecule has 1 aliphatic heterocycles. The first-order valence-electron chi connectivity index (χ1n) is 13.6. The van der Waals surface area contributed by atoms with Crippen LogP contribution >= 0.6 is 11.3 Å². The minimum Gasteiger partial charge on any atom is -0.391 e. The van der Waals surface area contributed by atoms with Gasteiger partial charge in [0.05, 0.1) is 41.4 Å². The van der Waals surface area contributed by atoms with Gasteiger partial charge in [-0.15, -0.1) is 17.8 Å². The van der Waals surface area contributed by atoms with Crippen molar-refractivity contribution in [2.75, 3.05) is 33.0 Å². The summed E-state index contributed by atoms with van der Waals surface area (Å²) in [5, 5.41) is 16.2. The van der Waals surface area contributed by atoms with Crippen LogP contribution in [0.25, 0.3) is 10.4 Å². The number of aromatic nitrogens is 1. The largest absolute Gasteiger partial charge is 0.391 e. The maximum Gasteiger partial charge on any atom is 0.246 e. The summed E-state index contributed by atoms with van der Waals surface area (Å²) in [5.41, 5.74) is 4.08. The van der Waals surface area contributed by atoms with E-state index in [9.17, 15) is 19.5 Å². The average Bonchev–Trinajstić information content (AvgIpc) is 3.53. The molecule has 2 aromatic rings. The third-order valence-corrected chi connectivity index (χ3v) is 7.83. The van der Waals surface area contributed by atoms with Gasteiger partial charge in [-0.3, -0.25) is 14.4 Å². The van der Waals surface area contributed by atoms with Crippen molar-refractivity contribution in [1.82, 2.24) is 20.5 Å². The van der Waals surface area contributed by atoms with E-state index < -0.39 is 35.4 Å². The Morgan fingerprint density at radius 2 is 1.88 bits per heavy atom. The van der Waals surface area contributed by atoms with Gasteiger partial charge in [-0.25, -0.2) is 4.98 Å². The van der Waals surface area contributed by atoms with E-state index in [0.29, 0.717) is 0 Å². The number of hydrogen-bond donors (Lipinski definition) is 3. The molecule has 0 radical (unpaired) electrons.